The fourth-order valence-electron chi connectivity index (χ4n) is 3.13. The Hall–Kier alpha value is -3.86. The summed E-state index contributed by atoms with van der Waals surface area (Å²) < 4.78 is 5.35. The normalized spacial score (nSPS) is 11.2. The van der Waals surface area contributed by atoms with Crippen molar-refractivity contribution >= 4 is 45.2 Å². The van der Waals surface area contributed by atoms with Crippen LogP contribution in [0, 0.1) is 0 Å². The number of carbonyl (C=O) groups excluding carboxylic acids is 1. The van der Waals surface area contributed by atoms with Gasteiger partial charge in [0, 0.05) is 28.6 Å². The number of ether oxygens (including phenoxy) is 1. The number of amides is 1. The van der Waals surface area contributed by atoms with E-state index in [4.69, 9.17) is 15.5 Å². The maximum absolute atomic E-state index is 10.9. The molecule has 3 aromatic carbocycles. The lowest BCUT2D eigenvalue weighted by Crippen LogP contribution is -2.05. The average Bonchev–Trinajstić information content (AvgIpc) is 2.72. The largest absolute Gasteiger partial charge is 0.497 e. The number of nitrogens with one attached hydrogen (secondary N) is 1. The Balaban J connectivity index is 1.79. The third-order valence-electron chi connectivity index (χ3n) is 4.51. The number of hydrogen-bond acceptors (Lipinski definition) is 4. The van der Waals surface area contributed by atoms with Crippen molar-refractivity contribution in [3.63, 3.8) is 0 Å². The number of nitrogens with two attached hydrogens (primary N) is 1. The van der Waals surface area contributed by atoms with Crippen molar-refractivity contribution < 1.29 is 9.53 Å². The molecule has 0 saturated carbocycles. The second kappa shape index (κ2) is 7.40. The molecule has 1 aromatic heterocycles. The number of methoxy groups -OCH3 is 1. The van der Waals surface area contributed by atoms with E-state index in [-0.39, 0.29) is 0 Å². The first-order chi connectivity index (χ1) is 13.6. The molecule has 0 bridgehead atoms. The van der Waals surface area contributed by atoms with E-state index in [9.17, 15) is 4.79 Å². The molecule has 0 radical (unpaired) electrons. The number of nitrogens with zero attached hydrogens (tertiary/aromatic N) is 1. The highest BCUT2D eigenvalue weighted by molar-refractivity contribution is 6.08. The number of anilines is 2. The minimum atomic E-state index is -0.465. The van der Waals surface area contributed by atoms with E-state index in [1.807, 2.05) is 60.7 Å². The molecule has 0 fully saturated rings. The fourth-order valence-corrected chi connectivity index (χ4v) is 3.13. The predicted molar refractivity (Wildman–Crippen MR) is 114 cm³/mol. The van der Waals surface area contributed by atoms with Gasteiger partial charge in [-0.25, -0.2) is 4.98 Å². The summed E-state index contributed by atoms with van der Waals surface area (Å²) in [6.45, 7) is 0. The van der Waals surface area contributed by atoms with Crippen LogP contribution in [-0.2, 0) is 4.79 Å². The van der Waals surface area contributed by atoms with Crippen LogP contribution in [0.4, 0.5) is 11.4 Å². The Morgan fingerprint density at radius 3 is 2.50 bits per heavy atom. The average molecular weight is 369 g/mol. The van der Waals surface area contributed by atoms with Crippen LogP contribution in [0.3, 0.4) is 0 Å². The van der Waals surface area contributed by atoms with Crippen LogP contribution in [0.15, 0.2) is 72.8 Å². The first-order valence-corrected chi connectivity index (χ1v) is 8.85. The zero-order valence-corrected chi connectivity index (χ0v) is 15.3. The van der Waals surface area contributed by atoms with E-state index in [1.165, 1.54) is 6.08 Å². The lowest BCUT2D eigenvalue weighted by molar-refractivity contribution is -0.113. The van der Waals surface area contributed by atoms with Crippen LogP contribution in [0.1, 0.15) is 5.56 Å². The highest BCUT2D eigenvalue weighted by atomic mass is 16.5. The molecule has 0 aliphatic heterocycles. The van der Waals surface area contributed by atoms with Crippen LogP contribution in [0.25, 0.3) is 27.9 Å². The summed E-state index contributed by atoms with van der Waals surface area (Å²) in [5.41, 5.74) is 9.74. The number of hydrogen-bond donors (Lipinski definition) is 2. The molecule has 4 aromatic rings. The third-order valence-corrected chi connectivity index (χ3v) is 4.51. The molecule has 1 heterocycles. The Labute approximate surface area is 162 Å². The van der Waals surface area contributed by atoms with Gasteiger partial charge in [-0.2, -0.15) is 0 Å². The monoisotopic (exact) mass is 369 g/mol. The van der Waals surface area contributed by atoms with Crippen molar-refractivity contribution in [3.8, 4) is 5.75 Å². The van der Waals surface area contributed by atoms with Gasteiger partial charge in [-0.15, -0.1) is 0 Å². The summed E-state index contributed by atoms with van der Waals surface area (Å²) in [5, 5.41) is 5.57. The van der Waals surface area contributed by atoms with Gasteiger partial charge in [-0.05, 0) is 42.0 Å². The van der Waals surface area contributed by atoms with Crippen LogP contribution in [0.2, 0.25) is 0 Å². The maximum atomic E-state index is 10.9. The molecular weight excluding hydrogens is 350 g/mol. The maximum Gasteiger partial charge on any atom is 0.241 e. The molecule has 0 aliphatic rings. The van der Waals surface area contributed by atoms with Crippen molar-refractivity contribution in [2.24, 2.45) is 5.73 Å². The summed E-state index contributed by atoms with van der Waals surface area (Å²) in [5.74, 6) is 0.305. The lowest BCUT2D eigenvalue weighted by Gasteiger charge is -2.14. The van der Waals surface area contributed by atoms with Gasteiger partial charge >= 0.3 is 0 Å². The minimum Gasteiger partial charge on any atom is -0.497 e. The first-order valence-electron chi connectivity index (χ1n) is 8.85. The highest BCUT2D eigenvalue weighted by Gasteiger charge is 2.10. The van der Waals surface area contributed by atoms with Gasteiger partial charge in [0.1, 0.15) is 5.75 Å². The number of carbonyl (C=O) groups is 1. The van der Waals surface area contributed by atoms with Crippen LogP contribution < -0.4 is 15.8 Å². The fraction of sp³-hybridized carbons (Fsp3) is 0.0435. The molecule has 0 spiro atoms. The number of benzene rings is 3. The van der Waals surface area contributed by atoms with Crippen LogP contribution in [-0.4, -0.2) is 18.0 Å². The Kier molecular flexibility index (Phi) is 4.64. The number of pyridine rings is 1. The SMILES string of the molecule is COc1ccc2c(Nc3ccc(/C=C/C(N)=O)cc3)c3ccccc3nc2c1. The number of aromatic nitrogens is 1. The van der Waals surface area contributed by atoms with Gasteiger partial charge in [-0.1, -0.05) is 30.3 Å². The molecule has 28 heavy (non-hydrogen) atoms. The molecule has 3 N–H and O–H groups in total. The summed E-state index contributed by atoms with van der Waals surface area (Å²) in [7, 11) is 1.65. The molecule has 5 nitrogen and oxygen atoms in total. The molecule has 0 atom stereocenters. The highest BCUT2D eigenvalue weighted by Crippen LogP contribution is 2.34. The van der Waals surface area contributed by atoms with Crippen molar-refractivity contribution in [2.75, 3.05) is 12.4 Å². The van der Waals surface area contributed by atoms with E-state index in [1.54, 1.807) is 13.2 Å². The van der Waals surface area contributed by atoms with Gasteiger partial charge in [0.25, 0.3) is 0 Å². The first kappa shape index (κ1) is 17.5. The summed E-state index contributed by atoms with van der Waals surface area (Å²) >= 11 is 0. The third kappa shape index (κ3) is 3.50. The van der Waals surface area contributed by atoms with Crippen molar-refractivity contribution in [3.05, 3.63) is 78.4 Å². The van der Waals surface area contributed by atoms with Crippen LogP contribution >= 0.6 is 0 Å². The van der Waals surface area contributed by atoms with Gasteiger partial charge in [0.15, 0.2) is 0 Å². The van der Waals surface area contributed by atoms with E-state index < -0.39 is 5.91 Å². The Morgan fingerprint density at radius 2 is 1.75 bits per heavy atom. The predicted octanol–water partition coefficient (Wildman–Crippen LogP) is 4.64. The standard InChI is InChI=1S/C23H19N3O2/c1-28-17-11-12-19-21(14-17)26-20-5-3-2-4-18(20)23(19)25-16-9-6-15(7-10-16)8-13-22(24)27/h2-14H,1H3,(H2,24,27)(H,25,26)/b13-8+. The molecule has 0 unspecified atom stereocenters. The molecular formula is C23H19N3O2. The number of para-hydroxylation sites is 1. The second-order valence-electron chi connectivity index (χ2n) is 6.37. The molecule has 138 valence electrons. The summed E-state index contributed by atoms with van der Waals surface area (Å²) in [6, 6.07) is 21.7. The van der Waals surface area contributed by atoms with E-state index in [0.29, 0.717) is 0 Å². The summed E-state index contributed by atoms with van der Waals surface area (Å²) in [4.78, 5) is 15.7. The molecule has 0 aliphatic carbocycles. The molecule has 0 saturated heterocycles. The van der Waals surface area contributed by atoms with Crippen LogP contribution in [0.5, 0.6) is 5.75 Å². The Morgan fingerprint density at radius 1 is 1.00 bits per heavy atom. The summed E-state index contributed by atoms with van der Waals surface area (Å²) in [6.07, 6.45) is 3.04. The lowest BCUT2D eigenvalue weighted by atomic mass is 10.1. The minimum absolute atomic E-state index is 0.465. The number of primary amides is 1. The van der Waals surface area contributed by atoms with Gasteiger partial charge in [0.2, 0.25) is 5.91 Å². The number of rotatable bonds is 5. The number of fused-ring (bicyclic) bond motifs is 2. The molecule has 4 rings (SSSR count). The zero-order valence-electron chi connectivity index (χ0n) is 15.3. The van der Waals surface area contributed by atoms with Crippen molar-refractivity contribution in [1.82, 2.24) is 4.98 Å². The quantitative estimate of drug-likeness (QED) is 0.397. The van der Waals surface area contributed by atoms with Gasteiger partial charge in [0.05, 0.1) is 23.8 Å². The van der Waals surface area contributed by atoms with Crippen molar-refractivity contribution in [2.45, 2.75) is 0 Å². The topological polar surface area (TPSA) is 77.2 Å². The second-order valence-corrected chi connectivity index (χ2v) is 6.37. The van der Waals surface area contributed by atoms with Gasteiger partial charge < -0.3 is 15.8 Å². The zero-order chi connectivity index (χ0) is 19.5. The Bertz CT molecular complexity index is 1200. The smallest absolute Gasteiger partial charge is 0.241 e. The van der Waals surface area contributed by atoms with E-state index in [0.717, 1.165) is 44.5 Å². The van der Waals surface area contributed by atoms with Crippen molar-refractivity contribution in [1.29, 1.82) is 0 Å². The van der Waals surface area contributed by atoms with E-state index >= 15 is 0 Å². The van der Waals surface area contributed by atoms with E-state index in [2.05, 4.69) is 11.4 Å². The molecule has 1 amide bonds. The molecule has 5 heteroatoms. The van der Waals surface area contributed by atoms with Gasteiger partial charge in [-0.3, -0.25) is 4.79 Å².